The summed E-state index contributed by atoms with van der Waals surface area (Å²) in [5, 5.41) is 35.2. The highest BCUT2D eigenvalue weighted by Gasteiger charge is 2.16. The van der Waals surface area contributed by atoms with Crippen LogP contribution in [0, 0.1) is 0 Å². The highest BCUT2D eigenvalue weighted by molar-refractivity contribution is 5.81. The Hall–Kier alpha value is -0.950. The number of rotatable bonds is 11. The van der Waals surface area contributed by atoms with E-state index in [1.165, 1.54) is 0 Å². The standard InChI is InChI=1S/C13H24O6/c1-2-11(14)19-12(15)9-7-5-3-4-6-8-10-13(16,17)18/h2,12,15-18H,1,3-10H2. The van der Waals surface area contributed by atoms with Crippen molar-refractivity contribution >= 4 is 5.97 Å². The van der Waals surface area contributed by atoms with E-state index in [9.17, 15) is 9.90 Å². The second kappa shape index (κ2) is 9.91. The van der Waals surface area contributed by atoms with Gasteiger partial charge in [-0.15, -0.1) is 0 Å². The maximum Gasteiger partial charge on any atom is 0.332 e. The normalized spacial score (nSPS) is 13.1. The second-order valence-electron chi connectivity index (χ2n) is 4.53. The Morgan fingerprint density at radius 2 is 1.63 bits per heavy atom. The molecule has 0 spiro atoms. The van der Waals surface area contributed by atoms with Crippen molar-refractivity contribution < 1.29 is 30.0 Å². The van der Waals surface area contributed by atoms with Gasteiger partial charge in [0.05, 0.1) is 0 Å². The summed E-state index contributed by atoms with van der Waals surface area (Å²) in [6.07, 6.45) is 5.11. The SMILES string of the molecule is C=CC(=O)OC(O)CCCCCCCCC(O)(O)O. The van der Waals surface area contributed by atoms with Gasteiger partial charge < -0.3 is 25.2 Å². The summed E-state index contributed by atoms with van der Waals surface area (Å²) in [5.74, 6) is -3.19. The highest BCUT2D eigenvalue weighted by atomic mass is 16.7. The van der Waals surface area contributed by atoms with Crippen LogP contribution in [0.1, 0.15) is 51.4 Å². The van der Waals surface area contributed by atoms with Gasteiger partial charge in [-0.2, -0.15) is 0 Å². The number of carbonyl (C=O) groups is 1. The third-order valence-corrected chi connectivity index (χ3v) is 2.63. The van der Waals surface area contributed by atoms with Gasteiger partial charge in [-0.3, -0.25) is 0 Å². The monoisotopic (exact) mass is 276 g/mol. The molecule has 0 saturated heterocycles. The minimum Gasteiger partial charge on any atom is -0.433 e. The number of hydrogen-bond donors (Lipinski definition) is 4. The van der Waals surface area contributed by atoms with E-state index in [0.29, 0.717) is 12.8 Å². The molecule has 0 heterocycles. The maximum atomic E-state index is 10.7. The Labute approximate surface area is 113 Å². The van der Waals surface area contributed by atoms with Gasteiger partial charge in [0.15, 0.2) is 0 Å². The summed E-state index contributed by atoms with van der Waals surface area (Å²) < 4.78 is 4.60. The van der Waals surface area contributed by atoms with Crippen molar-refractivity contribution in [2.45, 2.75) is 63.6 Å². The first kappa shape index (κ1) is 18.0. The van der Waals surface area contributed by atoms with Crippen molar-refractivity contribution in [1.82, 2.24) is 0 Å². The molecule has 0 fully saturated rings. The summed E-state index contributed by atoms with van der Waals surface area (Å²) in [6.45, 7) is 3.23. The van der Waals surface area contributed by atoms with Crippen molar-refractivity contribution in [3.8, 4) is 0 Å². The molecule has 0 rings (SSSR count). The Kier molecular flexibility index (Phi) is 9.42. The molecule has 6 nitrogen and oxygen atoms in total. The Morgan fingerprint density at radius 3 is 2.16 bits per heavy atom. The van der Waals surface area contributed by atoms with E-state index in [2.05, 4.69) is 11.3 Å². The molecule has 0 radical (unpaired) electrons. The summed E-state index contributed by atoms with van der Waals surface area (Å²) in [6, 6.07) is 0. The highest BCUT2D eigenvalue weighted by Crippen LogP contribution is 2.13. The van der Waals surface area contributed by atoms with Crippen LogP contribution in [0.5, 0.6) is 0 Å². The van der Waals surface area contributed by atoms with Crippen LogP contribution in [-0.2, 0) is 9.53 Å². The number of aliphatic hydroxyl groups is 4. The lowest BCUT2D eigenvalue weighted by Crippen LogP contribution is -2.26. The van der Waals surface area contributed by atoms with Gasteiger partial charge in [0.1, 0.15) is 0 Å². The molecule has 0 aromatic rings. The quantitative estimate of drug-likeness (QED) is 0.192. The summed E-state index contributed by atoms with van der Waals surface area (Å²) >= 11 is 0. The lowest BCUT2D eigenvalue weighted by Gasteiger charge is -2.13. The smallest absolute Gasteiger partial charge is 0.332 e. The fraction of sp³-hybridized carbons (Fsp3) is 0.769. The van der Waals surface area contributed by atoms with Gasteiger partial charge in [0.25, 0.3) is 5.97 Å². The average molecular weight is 276 g/mol. The van der Waals surface area contributed by atoms with Gasteiger partial charge in [-0.05, 0) is 12.8 Å². The van der Waals surface area contributed by atoms with Gasteiger partial charge in [-0.25, -0.2) is 4.79 Å². The zero-order valence-electron chi connectivity index (χ0n) is 11.1. The topological polar surface area (TPSA) is 107 Å². The average Bonchev–Trinajstić information content (AvgIpc) is 2.31. The van der Waals surface area contributed by atoms with Gasteiger partial charge in [0.2, 0.25) is 6.29 Å². The minimum absolute atomic E-state index is 0.0524. The fourth-order valence-electron chi connectivity index (χ4n) is 1.63. The molecule has 6 heteroatoms. The lowest BCUT2D eigenvalue weighted by atomic mass is 10.1. The summed E-state index contributed by atoms with van der Waals surface area (Å²) in [7, 11) is 0. The molecule has 1 atom stereocenters. The van der Waals surface area contributed by atoms with E-state index in [4.69, 9.17) is 15.3 Å². The van der Waals surface area contributed by atoms with E-state index < -0.39 is 18.2 Å². The van der Waals surface area contributed by atoms with Crippen LogP contribution in [0.4, 0.5) is 0 Å². The van der Waals surface area contributed by atoms with Crippen LogP contribution in [0.25, 0.3) is 0 Å². The molecular weight excluding hydrogens is 252 g/mol. The molecule has 0 aromatic carbocycles. The number of ether oxygens (including phenoxy) is 1. The molecule has 0 bridgehead atoms. The number of carbonyl (C=O) groups excluding carboxylic acids is 1. The van der Waals surface area contributed by atoms with E-state index >= 15 is 0 Å². The molecule has 1 unspecified atom stereocenters. The van der Waals surface area contributed by atoms with E-state index in [0.717, 1.165) is 38.2 Å². The molecule has 4 N–H and O–H groups in total. The van der Waals surface area contributed by atoms with Gasteiger partial charge in [-0.1, -0.05) is 32.3 Å². The molecule has 19 heavy (non-hydrogen) atoms. The van der Waals surface area contributed by atoms with Crippen molar-refractivity contribution in [3.05, 3.63) is 12.7 Å². The predicted molar refractivity (Wildman–Crippen MR) is 68.6 cm³/mol. The first-order valence-electron chi connectivity index (χ1n) is 6.53. The third kappa shape index (κ3) is 13.3. The van der Waals surface area contributed by atoms with E-state index in [1.54, 1.807) is 0 Å². The summed E-state index contributed by atoms with van der Waals surface area (Å²) in [5.41, 5.74) is 0. The third-order valence-electron chi connectivity index (χ3n) is 2.63. The number of esters is 1. The fourth-order valence-corrected chi connectivity index (χ4v) is 1.63. The van der Waals surface area contributed by atoms with Crippen molar-refractivity contribution in [3.63, 3.8) is 0 Å². The first-order valence-corrected chi connectivity index (χ1v) is 6.53. The van der Waals surface area contributed by atoms with Crippen LogP contribution in [0.15, 0.2) is 12.7 Å². The number of aliphatic hydroxyl groups excluding tert-OH is 1. The first-order chi connectivity index (χ1) is 8.85. The van der Waals surface area contributed by atoms with Crippen LogP contribution >= 0.6 is 0 Å². The minimum atomic E-state index is -2.56. The van der Waals surface area contributed by atoms with E-state index in [1.807, 2.05) is 0 Å². The zero-order chi connectivity index (χ0) is 14.7. The van der Waals surface area contributed by atoms with Gasteiger partial charge in [0, 0.05) is 18.9 Å². The van der Waals surface area contributed by atoms with E-state index in [-0.39, 0.29) is 6.42 Å². The predicted octanol–water partition coefficient (Wildman–Crippen LogP) is 0.785. The van der Waals surface area contributed by atoms with Crippen molar-refractivity contribution in [2.75, 3.05) is 0 Å². The molecule has 112 valence electrons. The second-order valence-corrected chi connectivity index (χ2v) is 4.53. The lowest BCUT2D eigenvalue weighted by molar-refractivity contribution is -0.315. The Morgan fingerprint density at radius 1 is 1.11 bits per heavy atom. The molecule has 0 aliphatic heterocycles. The maximum absolute atomic E-state index is 10.7. The molecule has 0 aliphatic rings. The number of unbranched alkanes of at least 4 members (excludes halogenated alkanes) is 5. The Balaban J connectivity index is 3.31. The summed E-state index contributed by atoms with van der Waals surface area (Å²) in [4.78, 5) is 10.7. The van der Waals surface area contributed by atoms with Crippen LogP contribution in [0.2, 0.25) is 0 Å². The molecule has 0 aromatic heterocycles. The van der Waals surface area contributed by atoms with Crippen LogP contribution in [-0.4, -0.2) is 38.7 Å². The molecule has 0 aliphatic carbocycles. The molecular formula is C13H24O6. The van der Waals surface area contributed by atoms with Crippen molar-refractivity contribution in [2.24, 2.45) is 0 Å². The molecule has 0 saturated carbocycles. The van der Waals surface area contributed by atoms with Crippen LogP contribution < -0.4 is 0 Å². The largest absolute Gasteiger partial charge is 0.433 e. The Bertz CT molecular complexity index is 258. The number of hydrogen-bond acceptors (Lipinski definition) is 6. The molecule has 0 amide bonds. The zero-order valence-corrected chi connectivity index (χ0v) is 11.1. The van der Waals surface area contributed by atoms with Crippen LogP contribution in [0.3, 0.4) is 0 Å². The van der Waals surface area contributed by atoms with Gasteiger partial charge >= 0.3 is 5.97 Å². The van der Waals surface area contributed by atoms with Crippen molar-refractivity contribution in [1.29, 1.82) is 0 Å².